The summed E-state index contributed by atoms with van der Waals surface area (Å²) < 4.78 is 36.5. The number of terminal acetylenes is 1. The van der Waals surface area contributed by atoms with Gasteiger partial charge in [-0.15, -0.1) is 6.42 Å². The molecule has 0 aliphatic rings. The molecule has 0 amide bonds. The molecule has 0 aromatic heterocycles. The minimum Gasteiger partial charge on any atom is -0.287 e. The Labute approximate surface area is 77.0 Å². The lowest BCUT2D eigenvalue weighted by Crippen LogP contribution is -2.00. The molecule has 1 atom stereocenters. The quantitative estimate of drug-likeness (QED) is 0.477. The standard InChI is InChI=1S/C7H12FO4P/c1-3-5-10-13(9,12-7-8)11-6-4-2/h1H,4-7H2,2H3. The summed E-state index contributed by atoms with van der Waals surface area (Å²) >= 11 is 0. The Morgan fingerprint density at radius 1 is 1.46 bits per heavy atom. The molecule has 76 valence electrons. The summed E-state index contributed by atoms with van der Waals surface area (Å²) in [5.41, 5.74) is 0. The highest BCUT2D eigenvalue weighted by Crippen LogP contribution is 2.49. The molecule has 1 unspecified atom stereocenters. The van der Waals surface area contributed by atoms with Crippen molar-refractivity contribution in [2.75, 3.05) is 20.1 Å². The third kappa shape index (κ3) is 5.78. The van der Waals surface area contributed by atoms with Gasteiger partial charge in [-0.3, -0.25) is 13.6 Å². The van der Waals surface area contributed by atoms with E-state index in [4.69, 9.17) is 10.9 Å². The van der Waals surface area contributed by atoms with Crippen LogP contribution < -0.4 is 0 Å². The fraction of sp³-hybridized carbons (Fsp3) is 0.714. The summed E-state index contributed by atoms with van der Waals surface area (Å²) in [5, 5.41) is 0. The van der Waals surface area contributed by atoms with Crippen LogP contribution in [-0.2, 0) is 18.1 Å². The predicted octanol–water partition coefficient (Wildman–Crippen LogP) is 2.11. The lowest BCUT2D eigenvalue weighted by molar-refractivity contribution is 0.0861. The van der Waals surface area contributed by atoms with Crippen LogP contribution in [0.3, 0.4) is 0 Å². The molecule has 0 radical (unpaired) electrons. The van der Waals surface area contributed by atoms with Gasteiger partial charge in [-0.1, -0.05) is 12.8 Å². The van der Waals surface area contributed by atoms with Crippen molar-refractivity contribution in [1.29, 1.82) is 0 Å². The Balaban J connectivity index is 4.01. The van der Waals surface area contributed by atoms with E-state index in [2.05, 4.69) is 15.0 Å². The largest absolute Gasteiger partial charge is 0.478 e. The molecular weight excluding hydrogens is 198 g/mol. The van der Waals surface area contributed by atoms with Crippen molar-refractivity contribution >= 4 is 7.82 Å². The summed E-state index contributed by atoms with van der Waals surface area (Å²) in [6.45, 7) is 0.509. The summed E-state index contributed by atoms with van der Waals surface area (Å²) in [7, 11) is -3.77. The lowest BCUT2D eigenvalue weighted by atomic mass is 10.5. The average molecular weight is 210 g/mol. The molecule has 0 aromatic rings. The predicted molar refractivity (Wildman–Crippen MR) is 45.7 cm³/mol. The molecule has 0 aliphatic carbocycles. The summed E-state index contributed by atoms with van der Waals surface area (Å²) in [6, 6.07) is 0. The number of alkyl halides is 1. The highest BCUT2D eigenvalue weighted by Gasteiger charge is 2.25. The van der Waals surface area contributed by atoms with Crippen molar-refractivity contribution < 1.29 is 22.5 Å². The van der Waals surface area contributed by atoms with Crippen LogP contribution >= 0.6 is 7.82 Å². The molecule has 0 aromatic carbocycles. The van der Waals surface area contributed by atoms with E-state index in [1.54, 1.807) is 6.92 Å². The van der Waals surface area contributed by atoms with E-state index in [1.165, 1.54) is 0 Å². The third-order valence-corrected chi connectivity index (χ3v) is 2.32. The second-order valence-corrected chi connectivity index (χ2v) is 3.67. The van der Waals surface area contributed by atoms with Crippen LogP contribution in [-0.4, -0.2) is 20.1 Å². The van der Waals surface area contributed by atoms with Gasteiger partial charge in [0, 0.05) is 0 Å². The topological polar surface area (TPSA) is 44.8 Å². The van der Waals surface area contributed by atoms with E-state index in [1.807, 2.05) is 0 Å². The molecular formula is C7H12FO4P. The first kappa shape index (κ1) is 12.6. The fourth-order valence-corrected chi connectivity index (χ4v) is 1.47. The van der Waals surface area contributed by atoms with E-state index in [9.17, 15) is 8.96 Å². The molecule has 0 heterocycles. The maximum Gasteiger partial charge on any atom is 0.478 e. The highest BCUT2D eigenvalue weighted by molar-refractivity contribution is 7.48. The normalized spacial score (nSPS) is 14.8. The number of phosphoric acid groups is 1. The first-order valence-corrected chi connectivity index (χ1v) is 5.17. The van der Waals surface area contributed by atoms with E-state index >= 15 is 0 Å². The second kappa shape index (κ2) is 7.05. The zero-order chi connectivity index (χ0) is 10.2. The molecule has 13 heavy (non-hydrogen) atoms. The Morgan fingerprint density at radius 2 is 2.15 bits per heavy atom. The molecule has 6 heteroatoms. The number of hydrogen-bond acceptors (Lipinski definition) is 4. The molecule has 0 aliphatic heterocycles. The van der Waals surface area contributed by atoms with Crippen molar-refractivity contribution in [3.05, 3.63) is 0 Å². The second-order valence-electron chi connectivity index (χ2n) is 2.00. The maximum absolute atomic E-state index is 11.7. The van der Waals surface area contributed by atoms with E-state index < -0.39 is 14.7 Å². The van der Waals surface area contributed by atoms with Gasteiger partial charge >= 0.3 is 7.82 Å². The van der Waals surface area contributed by atoms with Crippen LogP contribution in [0.15, 0.2) is 0 Å². The van der Waals surface area contributed by atoms with Gasteiger partial charge in [0.1, 0.15) is 6.61 Å². The molecule has 0 rings (SSSR count). The van der Waals surface area contributed by atoms with Gasteiger partial charge in [0.2, 0.25) is 0 Å². The Kier molecular flexibility index (Phi) is 6.83. The Hall–Kier alpha value is -0.400. The SMILES string of the molecule is C#CCOP(=O)(OCF)OCCC. The zero-order valence-electron chi connectivity index (χ0n) is 7.36. The first-order valence-electron chi connectivity index (χ1n) is 3.71. The molecule has 0 saturated carbocycles. The number of rotatable bonds is 7. The number of hydrogen-bond donors (Lipinski definition) is 0. The lowest BCUT2D eigenvalue weighted by Gasteiger charge is -2.14. The van der Waals surface area contributed by atoms with Gasteiger partial charge in [0.05, 0.1) is 6.61 Å². The van der Waals surface area contributed by atoms with Gasteiger partial charge in [-0.25, -0.2) is 8.96 Å². The van der Waals surface area contributed by atoms with Crippen LogP contribution in [0, 0.1) is 12.3 Å². The third-order valence-electron chi connectivity index (χ3n) is 0.966. The van der Waals surface area contributed by atoms with E-state index in [0.29, 0.717) is 6.42 Å². The summed E-state index contributed by atoms with van der Waals surface area (Å²) in [5.74, 6) is 2.08. The Morgan fingerprint density at radius 3 is 2.62 bits per heavy atom. The molecule has 0 spiro atoms. The van der Waals surface area contributed by atoms with Crippen molar-refractivity contribution in [1.82, 2.24) is 0 Å². The van der Waals surface area contributed by atoms with E-state index in [0.717, 1.165) is 0 Å². The minimum atomic E-state index is -3.77. The van der Waals surface area contributed by atoms with Gasteiger partial charge in [0.25, 0.3) is 0 Å². The average Bonchev–Trinajstić information content (AvgIpc) is 2.12. The van der Waals surface area contributed by atoms with Crippen molar-refractivity contribution in [3.63, 3.8) is 0 Å². The molecule has 0 fully saturated rings. The van der Waals surface area contributed by atoms with Crippen molar-refractivity contribution in [2.45, 2.75) is 13.3 Å². The van der Waals surface area contributed by atoms with Crippen molar-refractivity contribution in [2.24, 2.45) is 0 Å². The first-order chi connectivity index (χ1) is 6.18. The van der Waals surface area contributed by atoms with Gasteiger partial charge in [0.15, 0.2) is 6.86 Å². The fourth-order valence-electron chi connectivity index (χ4n) is 0.491. The van der Waals surface area contributed by atoms with Crippen LogP contribution in [0.1, 0.15) is 13.3 Å². The molecule has 0 saturated heterocycles. The molecule has 0 bridgehead atoms. The summed E-state index contributed by atoms with van der Waals surface area (Å²) in [6.07, 6.45) is 5.48. The van der Waals surface area contributed by atoms with Crippen LogP contribution in [0.2, 0.25) is 0 Å². The van der Waals surface area contributed by atoms with Crippen molar-refractivity contribution in [3.8, 4) is 12.3 Å². The number of phosphoric ester groups is 1. The van der Waals surface area contributed by atoms with Gasteiger partial charge < -0.3 is 0 Å². The number of halogens is 1. The van der Waals surface area contributed by atoms with Gasteiger partial charge in [-0.05, 0) is 6.42 Å². The molecule has 0 N–H and O–H groups in total. The maximum atomic E-state index is 11.7. The van der Waals surface area contributed by atoms with Crippen LogP contribution in [0.5, 0.6) is 0 Å². The smallest absolute Gasteiger partial charge is 0.287 e. The van der Waals surface area contributed by atoms with Crippen LogP contribution in [0.4, 0.5) is 4.39 Å². The van der Waals surface area contributed by atoms with Gasteiger partial charge in [-0.2, -0.15) is 0 Å². The van der Waals surface area contributed by atoms with Crippen LogP contribution in [0.25, 0.3) is 0 Å². The molecule has 4 nitrogen and oxygen atoms in total. The van der Waals surface area contributed by atoms with E-state index in [-0.39, 0.29) is 13.2 Å². The minimum absolute atomic E-state index is 0.169. The summed E-state index contributed by atoms with van der Waals surface area (Å²) in [4.78, 5) is 0. The highest BCUT2D eigenvalue weighted by atomic mass is 31.2. The zero-order valence-corrected chi connectivity index (χ0v) is 8.26. The monoisotopic (exact) mass is 210 g/mol. The Bertz CT molecular complexity index is 213.